The molecule has 9 heteroatoms. The van der Waals surface area contributed by atoms with Gasteiger partial charge in [-0.2, -0.15) is 0 Å². The summed E-state index contributed by atoms with van der Waals surface area (Å²) in [5.74, 6) is -0.722. The molecular weight excluding hydrogens is 307 g/mol. The van der Waals surface area contributed by atoms with Crippen molar-refractivity contribution >= 4 is 40.6 Å². The summed E-state index contributed by atoms with van der Waals surface area (Å²) >= 11 is 11.7. The van der Waals surface area contributed by atoms with Crippen molar-refractivity contribution in [3.05, 3.63) is 50.9 Å². The van der Waals surface area contributed by atoms with Crippen molar-refractivity contribution in [2.75, 3.05) is 5.32 Å². The van der Waals surface area contributed by atoms with Gasteiger partial charge in [-0.05, 0) is 28.1 Å². The van der Waals surface area contributed by atoms with Gasteiger partial charge in [-0.3, -0.25) is 4.79 Å². The highest BCUT2D eigenvalue weighted by Gasteiger charge is 2.13. The van der Waals surface area contributed by atoms with Crippen molar-refractivity contribution < 1.29 is 9.72 Å². The maximum atomic E-state index is 11.8. The van der Waals surface area contributed by atoms with Crippen LogP contribution in [0.1, 0.15) is 0 Å². The third kappa shape index (κ3) is 3.46. The molecule has 0 fully saturated rings. The van der Waals surface area contributed by atoms with E-state index in [4.69, 9.17) is 23.2 Å². The van der Waals surface area contributed by atoms with Crippen LogP contribution in [0.25, 0.3) is 0 Å². The molecule has 0 bridgehead atoms. The third-order valence-electron chi connectivity index (χ3n) is 2.34. The number of nitrogens with zero attached hydrogens (tertiary/aromatic N) is 3. The van der Waals surface area contributed by atoms with Crippen LogP contribution in [0.3, 0.4) is 0 Å². The highest BCUT2D eigenvalue weighted by Crippen LogP contribution is 2.25. The lowest BCUT2D eigenvalue weighted by Crippen LogP contribution is -2.18. The summed E-state index contributed by atoms with van der Waals surface area (Å²) in [5, 5.41) is 13.8. The van der Waals surface area contributed by atoms with Gasteiger partial charge < -0.3 is 20.0 Å². The number of halogens is 2. The highest BCUT2D eigenvalue weighted by molar-refractivity contribution is 6.35. The van der Waals surface area contributed by atoms with Crippen molar-refractivity contribution in [2.24, 2.45) is 0 Å². The molecule has 1 amide bonds. The van der Waals surface area contributed by atoms with Crippen molar-refractivity contribution in [3.63, 3.8) is 0 Å². The molecule has 0 spiro atoms. The number of anilines is 1. The number of benzene rings is 1. The van der Waals surface area contributed by atoms with Crippen LogP contribution in [0.5, 0.6) is 0 Å². The molecule has 0 aliphatic carbocycles. The van der Waals surface area contributed by atoms with Crippen LogP contribution in [0.15, 0.2) is 30.7 Å². The summed E-state index contributed by atoms with van der Waals surface area (Å²) in [6.07, 6.45) is 2.37. The van der Waals surface area contributed by atoms with E-state index < -0.39 is 10.8 Å². The molecule has 0 unspecified atom stereocenters. The zero-order valence-corrected chi connectivity index (χ0v) is 11.4. The van der Waals surface area contributed by atoms with Crippen molar-refractivity contribution in [3.8, 4) is 0 Å². The van der Waals surface area contributed by atoms with E-state index in [1.165, 1.54) is 23.2 Å². The van der Waals surface area contributed by atoms with Crippen molar-refractivity contribution in [1.82, 2.24) is 9.55 Å². The van der Waals surface area contributed by atoms with E-state index in [2.05, 4.69) is 10.3 Å². The Kier molecular flexibility index (Phi) is 4.21. The molecule has 20 heavy (non-hydrogen) atoms. The first-order valence-electron chi connectivity index (χ1n) is 5.37. The minimum absolute atomic E-state index is 0.121. The maximum absolute atomic E-state index is 11.8. The number of hydrogen-bond donors (Lipinski definition) is 1. The van der Waals surface area contributed by atoms with E-state index in [1.807, 2.05) is 0 Å². The molecule has 1 aromatic carbocycles. The largest absolute Gasteiger partial charge is 0.381 e. The van der Waals surface area contributed by atoms with Gasteiger partial charge in [0.1, 0.15) is 12.7 Å². The first kappa shape index (κ1) is 14.3. The fourth-order valence-corrected chi connectivity index (χ4v) is 1.81. The normalized spacial score (nSPS) is 10.3. The summed E-state index contributed by atoms with van der Waals surface area (Å²) < 4.78 is 1.30. The van der Waals surface area contributed by atoms with Crippen LogP contribution < -0.4 is 5.32 Å². The molecular formula is C11H8Cl2N4O3. The number of amides is 1. The van der Waals surface area contributed by atoms with Gasteiger partial charge in [-0.25, -0.2) is 0 Å². The molecule has 0 atom stereocenters. The Hall–Kier alpha value is -2.12. The van der Waals surface area contributed by atoms with Crippen LogP contribution >= 0.6 is 23.2 Å². The second-order valence-electron chi connectivity index (χ2n) is 3.83. The van der Waals surface area contributed by atoms with E-state index in [0.717, 1.165) is 0 Å². The average molecular weight is 315 g/mol. The molecule has 0 saturated carbocycles. The molecule has 0 saturated heterocycles. The monoisotopic (exact) mass is 314 g/mol. The standard InChI is InChI=1S/C11H8Cl2N4O3/c12-7-1-2-8(13)9(3-7)15-11(18)5-16-4-10(14-6-16)17(19)20/h1-4,6H,5H2,(H,15,18). The van der Waals surface area contributed by atoms with Gasteiger partial charge in [0, 0.05) is 5.02 Å². The minimum atomic E-state index is -0.637. The van der Waals surface area contributed by atoms with Crippen LogP contribution in [0.4, 0.5) is 11.5 Å². The van der Waals surface area contributed by atoms with E-state index in [-0.39, 0.29) is 12.4 Å². The minimum Gasteiger partial charge on any atom is -0.358 e. The van der Waals surface area contributed by atoms with Crippen molar-refractivity contribution in [2.45, 2.75) is 6.54 Å². The number of carbonyl (C=O) groups is 1. The van der Waals surface area contributed by atoms with Crippen molar-refractivity contribution in [1.29, 1.82) is 0 Å². The van der Waals surface area contributed by atoms with Gasteiger partial charge in [0.25, 0.3) is 0 Å². The van der Waals surface area contributed by atoms with E-state index in [9.17, 15) is 14.9 Å². The fourth-order valence-electron chi connectivity index (χ4n) is 1.48. The smallest absolute Gasteiger partial charge is 0.358 e. The first-order chi connectivity index (χ1) is 9.45. The molecule has 1 aromatic heterocycles. The highest BCUT2D eigenvalue weighted by atomic mass is 35.5. The molecule has 2 rings (SSSR count). The summed E-state index contributed by atoms with van der Waals surface area (Å²) in [7, 11) is 0. The van der Waals surface area contributed by atoms with Crippen LogP contribution in [0.2, 0.25) is 10.0 Å². The molecule has 1 N–H and O–H groups in total. The number of carbonyl (C=O) groups excluding carboxylic acids is 1. The zero-order valence-electron chi connectivity index (χ0n) is 9.92. The lowest BCUT2D eigenvalue weighted by Gasteiger charge is -2.07. The van der Waals surface area contributed by atoms with Gasteiger partial charge in [-0.15, -0.1) is 0 Å². The van der Waals surface area contributed by atoms with Gasteiger partial charge in [0.05, 0.1) is 10.7 Å². The molecule has 2 aromatic rings. The lowest BCUT2D eigenvalue weighted by molar-refractivity contribution is -0.389. The number of rotatable bonds is 4. The van der Waals surface area contributed by atoms with Gasteiger partial charge in [-0.1, -0.05) is 23.2 Å². The predicted molar refractivity (Wildman–Crippen MR) is 74.0 cm³/mol. The topological polar surface area (TPSA) is 90.1 Å². The predicted octanol–water partition coefficient (Wildman–Crippen LogP) is 2.74. The SMILES string of the molecule is O=C(Cn1cnc([N+](=O)[O-])c1)Nc1cc(Cl)ccc1Cl. The summed E-state index contributed by atoms with van der Waals surface area (Å²) in [6, 6.07) is 4.67. The second-order valence-corrected chi connectivity index (χ2v) is 4.68. The number of aromatic nitrogens is 2. The van der Waals surface area contributed by atoms with Gasteiger partial charge in [0.15, 0.2) is 0 Å². The van der Waals surface area contributed by atoms with Crippen LogP contribution in [-0.2, 0) is 11.3 Å². The lowest BCUT2D eigenvalue weighted by atomic mass is 10.3. The average Bonchev–Trinajstić information content (AvgIpc) is 2.82. The van der Waals surface area contributed by atoms with Gasteiger partial charge in [0.2, 0.25) is 12.2 Å². The van der Waals surface area contributed by atoms with Gasteiger partial charge >= 0.3 is 5.82 Å². The maximum Gasteiger partial charge on any atom is 0.381 e. The molecule has 0 aliphatic heterocycles. The quantitative estimate of drug-likeness (QED) is 0.694. The summed E-state index contributed by atoms with van der Waals surface area (Å²) in [6.45, 7) is -0.121. The zero-order chi connectivity index (χ0) is 14.7. The Bertz CT molecular complexity index is 671. The Balaban J connectivity index is 2.05. The molecule has 0 aliphatic rings. The summed E-state index contributed by atoms with van der Waals surface area (Å²) in [4.78, 5) is 25.2. The second kappa shape index (κ2) is 5.89. The number of nitrogens with one attached hydrogen (secondary N) is 1. The Morgan fingerprint density at radius 3 is 2.85 bits per heavy atom. The van der Waals surface area contributed by atoms with Crippen LogP contribution in [0, 0.1) is 10.1 Å². The Morgan fingerprint density at radius 2 is 2.20 bits per heavy atom. The Labute approximate surface area is 123 Å². The van der Waals surface area contributed by atoms with E-state index >= 15 is 0 Å². The molecule has 7 nitrogen and oxygen atoms in total. The fraction of sp³-hybridized carbons (Fsp3) is 0.0909. The third-order valence-corrected chi connectivity index (χ3v) is 2.90. The number of imidazole rings is 1. The van der Waals surface area contributed by atoms with E-state index in [1.54, 1.807) is 12.1 Å². The first-order valence-corrected chi connectivity index (χ1v) is 6.12. The van der Waals surface area contributed by atoms with Crippen LogP contribution in [-0.4, -0.2) is 20.4 Å². The summed E-state index contributed by atoms with van der Waals surface area (Å²) in [5.41, 5.74) is 0.374. The van der Waals surface area contributed by atoms with E-state index in [0.29, 0.717) is 15.7 Å². The number of hydrogen-bond acceptors (Lipinski definition) is 4. The Morgan fingerprint density at radius 1 is 1.45 bits per heavy atom. The molecule has 104 valence electrons. The number of nitro groups is 1. The molecule has 1 heterocycles. The molecule has 0 radical (unpaired) electrons.